The van der Waals surface area contributed by atoms with Crippen LogP contribution in [0.2, 0.25) is 5.02 Å². The van der Waals surface area contributed by atoms with Crippen LogP contribution < -0.4 is 9.47 Å². The molecule has 1 aliphatic rings. The zero-order valence-corrected chi connectivity index (χ0v) is 18.8. The summed E-state index contributed by atoms with van der Waals surface area (Å²) in [7, 11) is 1.55. The Kier molecular flexibility index (Phi) is 6.42. The number of carbonyl (C=O) groups is 2. The van der Waals surface area contributed by atoms with Gasteiger partial charge in [0.05, 0.1) is 30.6 Å². The standard InChI is InChI=1S/C25H22ClNO6/c1-3-32-17-9-10-19(26)18(13-17)23(28)21-22(20-8-5-11-33-20)27(25(30)24(21)29)14-15-6-4-7-16(12-15)31-2/h4-13,22,28H,3,14H2,1-2H3/b23-21-. The van der Waals surface area contributed by atoms with Crippen LogP contribution in [0.15, 0.2) is 70.9 Å². The predicted molar refractivity (Wildman–Crippen MR) is 122 cm³/mol. The molecule has 7 nitrogen and oxygen atoms in total. The van der Waals surface area contributed by atoms with Crippen LogP contribution in [0.4, 0.5) is 0 Å². The minimum absolute atomic E-state index is 0.103. The SMILES string of the molecule is CCOc1ccc(Cl)c(/C(O)=C2/C(=O)C(=O)N(Cc3cccc(OC)c3)C2c2ccco2)c1. The van der Waals surface area contributed by atoms with Crippen LogP contribution in [0.25, 0.3) is 5.76 Å². The Hall–Kier alpha value is -3.71. The molecule has 0 saturated carbocycles. The van der Waals surface area contributed by atoms with Crippen molar-refractivity contribution in [3.63, 3.8) is 0 Å². The number of rotatable bonds is 7. The maximum absolute atomic E-state index is 13.1. The van der Waals surface area contributed by atoms with Gasteiger partial charge in [-0.1, -0.05) is 23.7 Å². The van der Waals surface area contributed by atoms with Gasteiger partial charge in [0.1, 0.15) is 29.1 Å². The second kappa shape index (κ2) is 9.42. The minimum Gasteiger partial charge on any atom is -0.507 e. The summed E-state index contributed by atoms with van der Waals surface area (Å²) in [6.07, 6.45) is 1.45. The summed E-state index contributed by atoms with van der Waals surface area (Å²) in [5.74, 6) is -0.528. The Morgan fingerprint density at radius 1 is 1.12 bits per heavy atom. The van der Waals surface area contributed by atoms with Gasteiger partial charge in [-0.25, -0.2) is 0 Å². The molecule has 0 bridgehead atoms. The summed E-state index contributed by atoms with van der Waals surface area (Å²) >= 11 is 6.33. The van der Waals surface area contributed by atoms with Crippen LogP contribution in [0.3, 0.4) is 0 Å². The molecule has 0 spiro atoms. The normalized spacial score (nSPS) is 17.4. The highest BCUT2D eigenvalue weighted by Gasteiger charge is 2.47. The highest BCUT2D eigenvalue weighted by atomic mass is 35.5. The van der Waals surface area contributed by atoms with Gasteiger partial charge in [-0.3, -0.25) is 9.59 Å². The first kappa shape index (κ1) is 22.5. The van der Waals surface area contributed by atoms with Crippen molar-refractivity contribution in [2.45, 2.75) is 19.5 Å². The first-order valence-electron chi connectivity index (χ1n) is 10.3. The number of amides is 1. The number of hydrogen-bond donors (Lipinski definition) is 1. The fourth-order valence-corrected chi connectivity index (χ4v) is 4.05. The molecular formula is C25H22ClNO6. The molecule has 1 aliphatic heterocycles. The van der Waals surface area contributed by atoms with Gasteiger partial charge in [0.15, 0.2) is 0 Å². The van der Waals surface area contributed by atoms with E-state index in [2.05, 4.69) is 0 Å². The van der Waals surface area contributed by atoms with Gasteiger partial charge in [-0.05, 0) is 55.0 Å². The van der Waals surface area contributed by atoms with E-state index < -0.39 is 23.5 Å². The average molecular weight is 468 g/mol. The number of halogens is 1. The van der Waals surface area contributed by atoms with Crippen molar-refractivity contribution in [3.8, 4) is 11.5 Å². The average Bonchev–Trinajstić information content (AvgIpc) is 3.43. The number of furan rings is 1. The molecule has 33 heavy (non-hydrogen) atoms. The maximum atomic E-state index is 13.1. The lowest BCUT2D eigenvalue weighted by atomic mass is 9.99. The van der Waals surface area contributed by atoms with Crippen molar-refractivity contribution in [1.29, 1.82) is 0 Å². The number of methoxy groups -OCH3 is 1. The molecule has 1 aromatic heterocycles. The molecule has 3 aromatic rings. The molecule has 0 aliphatic carbocycles. The highest BCUT2D eigenvalue weighted by Crippen LogP contribution is 2.42. The van der Waals surface area contributed by atoms with Crippen molar-refractivity contribution in [2.75, 3.05) is 13.7 Å². The third kappa shape index (κ3) is 4.32. The number of ketones is 1. The first-order valence-corrected chi connectivity index (χ1v) is 10.7. The van der Waals surface area contributed by atoms with E-state index in [0.717, 1.165) is 5.56 Å². The van der Waals surface area contributed by atoms with E-state index in [4.69, 9.17) is 25.5 Å². The Bertz CT molecular complexity index is 1220. The topological polar surface area (TPSA) is 89.2 Å². The smallest absolute Gasteiger partial charge is 0.296 e. The van der Waals surface area contributed by atoms with Crippen molar-refractivity contribution in [1.82, 2.24) is 4.90 Å². The molecule has 170 valence electrons. The van der Waals surface area contributed by atoms with Gasteiger partial charge >= 0.3 is 0 Å². The number of aliphatic hydroxyl groups excluding tert-OH is 1. The summed E-state index contributed by atoms with van der Waals surface area (Å²) < 4.78 is 16.3. The van der Waals surface area contributed by atoms with Crippen molar-refractivity contribution < 1.29 is 28.6 Å². The van der Waals surface area contributed by atoms with Crippen LogP contribution in [0, 0.1) is 0 Å². The Morgan fingerprint density at radius 3 is 2.64 bits per heavy atom. The van der Waals surface area contributed by atoms with Gasteiger partial charge in [0.2, 0.25) is 0 Å². The third-order valence-corrected chi connectivity index (χ3v) is 5.67. The molecule has 1 fully saturated rings. The minimum atomic E-state index is -0.932. The van der Waals surface area contributed by atoms with Crippen LogP contribution >= 0.6 is 11.6 Å². The molecular weight excluding hydrogens is 446 g/mol. The fourth-order valence-electron chi connectivity index (χ4n) is 3.84. The number of aliphatic hydroxyl groups is 1. The number of benzene rings is 2. The summed E-state index contributed by atoms with van der Waals surface area (Å²) in [5.41, 5.74) is 0.844. The molecule has 1 atom stereocenters. The lowest BCUT2D eigenvalue weighted by molar-refractivity contribution is -0.140. The van der Waals surface area contributed by atoms with Gasteiger partial charge in [-0.15, -0.1) is 0 Å². The lowest BCUT2D eigenvalue weighted by Crippen LogP contribution is -2.29. The summed E-state index contributed by atoms with van der Waals surface area (Å²) in [6, 6.07) is 14.3. The van der Waals surface area contributed by atoms with E-state index in [1.54, 1.807) is 49.6 Å². The molecule has 1 saturated heterocycles. The zero-order valence-electron chi connectivity index (χ0n) is 18.1. The van der Waals surface area contributed by atoms with E-state index in [-0.39, 0.29) is 22.7 Å². The molecule has 0 radical (unpaired) electrons. The summed E-state index contributed by atoms with van der Waals surface area (Å²) in [4.78, 5) is 27.6. The highest BCUT2D eigenvalue weighted by molar-refractivity contribution is 6.46. The largest absolute Gasteiger partial charge is 0.507 e. The maximum Gasteiger partial charge on any atom is 0.296 e. The van der Waals surface area contributed by atoms with E-state index in [9.17, 15) is 14.7 Å². The predicted octanol–water partition coefficient (Wildman–Crippen LogP) is 4.96. The first-order chi connectivity index (χ1) is 15.9. The fraction of sp³-hybridized carbons (Fsp3) is 0.200. The third-order valence-electron chi connectivity index (χ3n) is 5.34. The molecule has 2 aromatic carbocycles. The molecule has 2 heterocycles. The van der Waals surface area contributed by atoms with Crippen LogP contribution in [0.5, 0.6) is 11.5 Å². The number of carbonyl (C=O) groups excluding carboxylic acids is 2. The Morgan fingerprint density at radius 2 is 1.94 bits per heavy atom. The number of likely N-dealkylation sites (tertiary alicyclic amines) is 1. The number of ether oxygens (including phenoxy) is 2. The van der Waals surface area contributed by atoms with Crippen LogP contribution in [0.1, 0.15) is 29.9 Å². The number of hydrogen-bond acceptors (Lipinski definition) is 6. The van der Waals surface area contributed by atoms with E-state index in [0.29, 0.717) is 23.9 Å². The van der Waals surface area contributed by atoms with Crippen molar-refractivity contribution in [3.05, 3.63) is 88.3 Å². The molecule has 1 N–H and O–H groups in total. The molecule has 8 heteroatoms. The van der Waals surface area contributed by atoms with Gasteiger partial charge in [0, 0.05) is 12.1 Å². The van der Waals surface area contributed by atoms with Gasteiger partial charge in [-0.2, -0.15) is 0 Å². The molecule has 1 unspecified atom stereocenters. The van der Waals surface area contributed by atoms with Gasteiger partial charge in [0.25, 0.3) is 11.7 Å². The monoisotopic (exact) mass is 467 g/mol. The number of nitrogens with zero attached hydrogens (tertiary/aromatic N) is 1. The van der Waals surface area contributed by atoms with Crippen LogP contribution in [-0.2, 0) is 16.1 Å². The number of Topliss-reactive ketones (excluding diaryl/α,β-unsaturated/α-hetero) is 1. The summed E-state index contributed by atoms with van der Waals surface area (Å²) in [6.45, 7) is 2.35. The zero-order chi connectivity index (χ0) is 23.5. The van der Waals surface area contributed by atoms with Crippen molar-refractivity contribution >= 4 is 29.1 Å². The second-order valence-electron chi connectivity index (χ2n) is 7.37. The van der Waals surface area contributed by atoms with E-state index >= 15 is 0 Å². The Balaban J connectivity index is 1.83. The molecule has 1 amide bonds. The van der Waals surface area contributed by atoms with Crippen molar-refractivity contribution in [2.24, 2.45) is 0 Å². The van der Waals surface area contributed by atoms with Crippen LogP contribution in [-0.4, -0.2) is 35.4 Å². The van der Waals surface area contributed by atoms with E-state index in [1.807, 2.05) is 13.0 Å². The summed E-state index contributed by atoms with van der Waals surface area (Å²) in [5, 5.41) is 11.4. The van der Waals surface area contributed by atoms with Gasteiger partial charge < -0.3 is 23.9 Å². The lowest BCUT2D eigenvalue weighted by Gasteiger charge is -2.23. The Labute approximate surface area is 195 Å². The second-order valence-corrected chi connectivity index (χ2v) is 7.78. The van der Waals surface area contributed by atoms with E-state index in [1.165, 1.54) is 17.2 Å². The quantitative estimate of drug-likeness (QED) is 0.300. The molecule has 4 rings (SSSR count).